The van der Waals surface area contributed by atoms with Gasteiger partial charge in [-0.3, -0.25) is 14.6 Å². The molecule has 0 atom stereocenters. The number of nitrogens with one attached hydrogen (secondary N) is 2. The first kappa shape index (κ1) is 19.3. The third-order valence-electron chi connectivity index (χ3n) is 3.77. The molecular weight excluding hydrogens is 385 g/mol. The van der Waals surface area contributed by atoms with Crippen molar-refractivity contribution < 1.29 is 18.7 Å². The minimum Gasteiger partial charge on any atom is -0.495 e. The Hall–Kier alpha value is -3.45. The number of carbonyl (C=O) groups is 2. The number of aromatic nitrogens is 1. The second kappa shape index (κ2) is 8.49. The van der Waals surface area contributed by atoms with Crippen molar-refractivity contribution in [2.75, 3.05) is 17.7 Å². The molecule has 28 heavy (non-hydrogen) atoms. The smallest absolute Gasteiger partial charge is 0.257 e. The summed E-state index contributed by atoms with van der Waals surface area (Å²) >= 11 is 6.05. The van der Waals surface area contributed by atoms with E-state index < -0.39 is 17.6 Å². The lowest BCUT2D eigenvalue weighted by atomic mass is 10.1. The molecule has 0 spiro atoms. The molecule has 0 fully saturated rings. The summed E-state index contributed by atoms with van der Waals surface area (Å²) in [6, 6.07) is 11.6. The van der Waals surface area contributed by atoms with Crippen LogP contribution in [0.2, 0.25) is 5.02 Å². The molecule has 0 bridgehead atoms. The largest absolute Gasteiger partial charge is 0.495 e. The van der Waals surface area contributed by atoms with E-state index in [1.54, 1.807) is 18.2 Å². The first-order chi connectivity index (χ1) is 13.5. The molecule has 1 heterocycles. The van der Waals surface area contributed by atoms with Crippen LogP contribution in [0.1, 0.15) is 20.7 Å². The van der Waals surface area contributed by atoms with Gasteiger partial charge in [0.05, 0.1) is 23.3 Å². The lowest BCUT2D eigenvalue weighted by Gasteiger charge is -2.09. The minimum absolute atomic E-state index is 0.185. The number of benzene rings is 2. The molecular formula is C20H15ClFN3O3. The fourth-order valence-electron chi connectivity index (χ4n) is 2.37. The van der Waals surface area contributed by atoms with Gasteiger partial charge >= 0.3 is 0 Å². The monoisotopic (exact) mass is 399 g/mol. The van der Waals surface area contributed by atoms with Crippen molar-refractivity contribution >= 4 is 34.8 Å². The number of nitrogens with zero attached hydrogens (tertiary/aromatic N) is 1. The molecule has 0 aliphatic heterocycles. The zero-order valence-corrected chi connectivity index (χ0v) is 15.5. The average Bonchev–Trinajstić information content (AvgIpc) is 2.70. The molecule has 0 saturated carbocycles. The van der Waals surface area contributed by atoms with Crippen LogP contribution in [0.25, 0.3) is 0 Å². The van der Waals surface area contributed by atoms with Gasteiger partial charge in [-0.25, -0.2) is 4.39 Å². The second-order valence-corrected chi connectivity index (χ2v) is 6.13. The van der Waals surface area contributed by atoms with Crippen molar-refractivity contribution in [3.8, 4) is 5.75 Å². The van der Waals surface area contributed by atoms with E-state index >= 15 is 0 Å². The van der Waals surface area contributed by atoms with Crippen LogP contribution in [-0.2, 0) is 0 Å². The van der Waals surface area contributed by atoms with Crippen molar-refractivity contribution in [2.45, 2.75) is 0 Å². The predicted molar refractivity (Wildman–Crippen MR) is 105 cm³/mol. The van der Waals surface area contributed by atoms with Crippen LogP contribution in [0.3, 0.4) is 0 Å². The number of halogens is 2. The molecule has 2 N–H and O–H groups in total. The number of hydrogen-bond acceptors (Lipinski definition) is 4. The molecule has 0 saturated heterocycles. The SMILES string of the molecule is COc1ccc(NC(=O)c2cncc(C(=O)Nc3ccc(F)cc3)c2)cc1Cl. The fourth-order valence-corrected chi connectivity index (χ4v) is 2.63. The molecule has 3 rings (SSSR count). The van der Waals surface area contributed by atoms with Crippen molar-refractivity contribution in [1.29, 1.82) is 0 Å². The molecule has 0 aliphatic rings. The number of hydrogen-bond donors (Lipinski definition) is 2. The number of amides is 2. The summed E-state index contributed by atoms with van der Waals surface area (Å²) in [7, 11) is 1.49. The van der Waals surface area contributed by atoms with Crippen LogP contribution in [0.15, 0.2) is 60.9 Å². The van der Waals surface area contributed by atoms with Gasteiger partial charge in [0.15, 0.2) is 0 Å². The van der Waals surface area contributed by atoms with E-state index in [1.807, 2.05) is 0 Å². The summed E-state index contributed by atoms with van der Waals surface area (Å²) in [4.78, 5) is 28.7. The van der Waals surface area contributed by atoms with Crippen LogP contribution in [-0.4, -0.2) is 23.9 Å². The molecule has 2 amide bonds. The summed E-state index contributed by atoms with van der Waals surface area (Å²) in [5, 5.41) is 5.65. The Balaban J connectivity index is 1.73. The molecule has 6 nitrogen and oxygen atoms in total. The number of anilines is 2. The minimum atomic E-state index is -0.471. The number of methoxy groups -OCH3 is 1. The van der Waals surface area contributed by atoms with Crippen molar-refractivity contribution in [2.24, 2.45) is 0 Å². The molecule has 0 unspecified atom stereocenters. The van der Waals surface area contributed by atoms with Crippen LogP contribution >= 0.6 is 11.6 Å². The van der Waals surface area contributed by atoms with E-state index in [0.717, 1.165) is 0 Å². The molecule has 0 aliphatic carbocycles. The summed E-state index contributed by atoms with van der Waals surface area (Å²) < 4.78 is 18.0. The maximum absolute atomic E-state index is 13.0. The standard InChI is InChI=1S/C20H15ClFN3O3/c1-28-18-7-6-16(9-17(18)21)25-20(27)13-8-12(10-23-11-13)19(26)24-15-4-2-14(22)3-5-15/h2-11H,1H3,(H,24,26)(H,25,27). The van der Waals surface area contributed by atoms with E-state index in [9.17, 15) is 14.0 Å². The third-order valence-corrected chi connectivity index (χ3v) is 4.07. The normalized spacial score (nSPS) is 10.2. The highest BCUT2D eigenvalue weighted by molar-refractivity contribution is 6.32. The summed E-state index contributed by atoms with van der Waals surface area (Å²) in [5.41, 5.74) is 1.27. The van der Waals surface area contributed by atoms with Gasteiger partial charge in [-0.05, 0) is 48.5 Å². The van der Waals surface area contributed by atoms with E-state index in [0.29, 0.717) is 22.1 Å². The van der Waals surface area contributed by atoms with Crippen LogP contribution < -0.4 is 15.4 Å². The van der Waals surface area contributed by atoms with Crippen molar-refractivity contribution in [3.05, 3.63) is 82.9 Å². The van der Waals surface area contributed by atoms with Gasteiger partial charge in [-0.15, -0.1) is 0 Å². The zero-order valence-electron chi connectivity index (χ0n) is 14.7. The summed E-state index contributed by atoms with van der Waals surface area (Å²) in [5.74, 6) is -0.843. The maximum Gasteiger partial charge on any atom is 0.257 e. The van der Waals surface area contributed by atoms with Gasteiger partial charge in [0, 0.05) is 23.8 Å². The van der Waals surface area contributed by atoms with E-state index in [4.69, 9.17) is 16.3 Å². The van der Waals surface area contributed by atoms with Gasteiger partial charge in [0.1, 0.15) is 11.6 Å². The van der Waals surface area contributed by atoms with Crippen LogP contribution in [0.4, 0.5) is 15.8 Å². The molecule has 1 aromatic heterocycles. The fraction of sp³-hybridized carbons (Fsp3) is 0.0500. The molecule has 142 valence electrons. The van der Waals surface area contributed by atoms with E-state index in [1.165, 1.54) is 49.8 Å². The summed E-state index contributed by atoms with van der Waals surface area (Å²) in [6.45, 7) is 0. The first-order valence-electron chi connectivity index (χ1n) is 8.13. The highest BCUT2D eigenvalue weighted by atomic mass is 35.5. The highest BCUT2D eigenvalue weighted by Crippen LogP contribution is 2.27. The zero-order chi connectivity index (χ0) is 20.1. The topological polar surface area (TPSA) is 80.3 Å². The Morgan fingerprint density at radius 3 is 2.07 bits per heavy atom. The Morgan fingerprint density at radius 2 is 1.50 bits per heavy atom. The van der Waals surface area contributed by atoms with Crippen LogP contribution in [0, 0.1) is 5.82 Å². The third kappa shape index (κ3) is 4.63. The van der Waals surface area contributed by atoms with Crippen molar-refractivity contribution in [1.82, 2.24) is 4.98 Å². The van der Waals surface area contributed by atoms with E-state index in [2.05, 4.69) is 15.6 Å². The number of pyridine rings is 1. The van der Waals surface area contributed by atoms with Crippen LogP contribution in [0.5, 0.6) is 5.75 Å². The second-order valence-electron chi connectivity index (χ2n) is 5.73. The maximum atomic E-state index is 13.0. The lowest BCUT2D eigenvalue weighted by Crippen LogP contribution is -2.16. The molecule has 0 radical (unpaired) electrons. The van der Waals surface area contributed by atoms with Crippen molar-refractivity contribution in [3.63, 3.8) is 0 Å². The molecule has 2 aromatic carbocycles. The van der Waals surface area contributed by atoms with Gasteiger partial charge in [0.25, 0.3) is 11.8 Å². The average molecular weight is 400 g/mol. The Morgan fingerprint density at radius 1 is 0.929 bits per heavy atom. The quantitative estimate of drug-likeness (QED) is 0.667. The van der Waals surface area contributed by atoms with E-state index in [-0.39, 0.29) is 11.1 Å². The number of ether oxygens (including phenoxy) is 1. The number of rotatable bonds is 5. The van der Waals surface area contributed by atoms with Gasteiger partial charge < -0.3 is 15.4 Å². The Labute approximate surface area is 165 Å². The Kier molecular flexibility index (Phi) is 5.86. The molecule has 8 heteroatoms. The Bertz CT molecular complexity index is 1030. The summed E-state index contributed by atoms with van der Waals surface area (Å²) in [6.07, 6.45) is 2.68. The lowest BCUT2D eigenvalue weighted by molar-refractivity contribution is 0.102. The predicted octanol–water partition coefficient (Wildman–Crippen LogP) is 4.39. The van der Waals surface area contributed by atoms with Gasteiger partial charge in [-0.1, -0.05) is 11.6 Å². The molecule has 3 aromatic rings. The first-order valence-corrected chi connectivity index (χ1v) is 8.51. The highest BCUT2D eigenvalue weighted by Gasteiger charge is 2.13. The van der Waals surface area contributed by atoms with Gasteiger partial charge in [-0.2, -0.15) is 0 Å². The number of carbonyl (C=O) groups excluding carboxylic acids is 2. The van der Waals surface area contributed by atoms with Gasteiger partial charge in [0.2, 0.25) is 0 Å².